The molecule has 5 heteroatoms. The molecule has 0 atom stereocenters. The average molecular weight is 337 g/mol. The summed E-state index contributed by atoms with van der Waals surface area (Å²) >= 11 is 1.44. The molecule has 0 radical (unpaired) electrons. The maximum Gasteiger partial charge on any atom is 0.196 e. The fourth-order valence-corrected chi connectivity index (χ4v) is 3.92. The van der Waals surface area contributed by atoms with Gasteiger partial charge >= 0.3 is 0 Å². The molecule has 0 amide bonds. The van der Waals surface area contributed by atoms with Crippen molar-refractivity contribution in [3.8, 4) is 5.69 Å². The third-order valence-corrected chi connectivity index (χ3v) is 5.47. The van der Waals surface area contributed by atoms with E-state index in [1.165, 1.54) is 40.9 Å². The Hall–Kier alpha value is -2.14. The van der Waals surface area contributed by atoms with Crippen LogP contribution in [0.1, 0.15) is 37.1 Å². The summed E-state index contributed by atoms with van der Waals surface area (Å²) in [5.41, 5.74) is 2.53. The van der Waals surface area contributed by atoms with E-state index < -0.39 is 0 Å². The van der Waals surface area contributed by atoms with Crippen LogP contribution in [0, 0.1) is 6.92 Å². The lowest BCUT2D eigenvalue weighted by Crippen LogP contribution is -2.03. The lowest BCUT2D eigenvalue weighted by molar-refractivity contribution is -0.114. The number of carbonyl (C=O) groups excluding carboxylic acids is 1. The zero-order chi connectivity index (χ0) is 16.7. The van der Waals surface area contributed by atoms with Crippen molar-refractivity contribution in [3.63, 3.8) is 0 Å². The number of ketones is 1. The molecule has 4 nitrogen and oxygen atoms in total. The van der Waals surface area contributed by atoms with Gasteiger partial charge in [0.25, 0.3) is 0 Å². The first-order valence-corrected chi connectivity index (χ1v) is 9.20. The van der Waals surface area contributed by atoms with Crippen molar-refractivity contribution in [1.29, 1.82) is 0 Å². The third kappa shape index (κ3) is 2.73. The number of carbonyl (C=O) groups is 1. The van der Waals surface area contributed by atoms with Crippen LogP contribution < -0.4 is 0 Å². The molecule has 0 unspecified atom stereocenters. The highest BCUT2D eigenvalue weighted by Crippen LogP contribution is 2.44. The van der Waals surface area contributed by atoms with Gasteiger partial charge in [-0.3, -0.25) is 9.36 Å². The van der Waals surface area contributed by atoms with Crippen LogP contribution in [0.3, 0.4) is 0 Å². The number of hydrogen-bond acceptors (Lipinski definition) is 4. The first-order valence-electron chi connectivity index (χ1n) is 8.21. The maximum atomic E-state index is 11.3. The standard InChI is InChI=1S/C19H19N3OS/c1-12(23)11-24-19-21-20-13(2)22(19)18-10-9-15(14-7-8-14)16-5-3-4-6-17(16)18/h3-6,9-10,14H,7-8,11H2,1-2H3. The van der Waals surface area contributed by atoms with Gasteiger partial charge in [-0.2, -0.15) is 0 Å². The number of Topliss-reactive ketones (excluding diaryl/α,β-unsaturated/α-hetero) is 1. The molecule has 1 aromatic heterocycles. The normalized spacial score (nSPS) is 14.2. The molecule has 1 aliphatic rings. The van der Waals surface area contributed by atoms with Gasteiger partial charge in [0.2, 0.25) is 0 Å². The van der Waals surface area contributed by atoms with Gasteiger partial charge in [-0.25, -0.2) is 0 Å². The van der Waals surface area contributed by atoms with Gasteiger partial charge in [0.1, 0.15) is 11.6 Å². The second-order valence-electron chi connectivity index (χ2n) is 6.35. The fourth-order valence-electron chi connectivity index (χ4n) is 3.13. The van der Waals surface area contributed by atoms with Gasteiger partial charge in [0.05, 0.1) is 11.4 Å². The van der Waals surface area contributed by atoms with Gasteiger partial charge in [0.15, 0.2) is 5.16 Å². The molecule has 1 aliphatic carbocycles. The lowest BCUT2D eigenvalue weighted by atomic mass is 9.99. The Kier molecular flexibility index (Phi) is 3.88. The van der Waals surface area contributed by atoms with Crippen molar-refractivity contribution in [2.24, 2.45) is 0 Å². The third-order valence-electron chi connectivity index (χ3n) is 4.39. The van der Waals surface area contributed by atoms with E-state index in [1.54, 1.807) is 6.92 Å². The number of benzene rings is 2. The summed E-state index contributed by atoms with van der Waals surface area (Å²) in [5.74, 6) is 2.10. The van der Waals surface area contributed by atoms with Crippen molar-refractivity contribution in [2.75, 3.05) is 5.75 Å². The highest BCUT2D eigenvalue weighted by molar-refractivity contribution is 7.99. The highest BCUT2D eigenvalue weighted by Gasteiger charge is 2.26. The molecular weight excluding hydrogens is 318 g/mol. The van der Waals surface area contributed by atoms with E-state index in [-0.39, 0.29) is 5.78 Å². The van der Waals surface area contributed by atoms with E-state index in [1.807, 2.05) is 6.92 Å². The van der Waals surface area contributed by atoms with Crippen molar-refractivity contribution < 1.29 is 4.79 Å². The second-order valence-corrected chi connectivity index (χ2v) is 7.29. The zero-order valence-electron chi connectivity index (χ0n) is 13.8. The summed E-state index contributed by atoms with van der Waals surface area (Å²) in [6, 6.07) is 13.0. The molecule has 0 spiro atoms. The molecule has 1 heterocycles. The molecule has 122 valence electrons. The van der Waals surface area contributed by atoms with Crippen molar-refractivity contribution >= 4 is 28.3 Å². The van der Waals surface area contributed by atoms with Gasteiger partial charge in [0, 0.05) is 5.39 Å². The molecule has 0 aliphatic heterocycles. The van der Waals surface area contributed by atoms with Crippen LogP contribution in [0.4, 0.5) is 0 Å². The van der Waals surface area contributed by atoms with Crippen LogP contribution >= 0.6 is 11.8 Å². The van der Waals surface area contributed by atoms with E-state index >= 15 is 0 Å². The molecular formula is C19H19N3OS. The summed E-state index contributed by atoms with van der Waals surface area (Å²) in [5, 5.41) is 11.8. The molecule has 1 fully saturated rings. The van der Waals surface area contributed by atoms with Crippen molar-refractivity contribution in [2.45, 2.75) is 37.8 Å². The largest absolute Gasteiger partial charge is 0.299 e. The molecule has 4 rings (SSSR count). The zero-order valence-corrected chi connectivity index (χ0v) is 14.6. The average Bonchev–Trinajstić information content (AvgIpc) is 3.35. The molecule has 0 bridgehead atoms. The predicted octanol–water partition coefficient (Wildman–Crippen LogP) is 4.29. The number of hydrogen-bond donors (Lipinski definition) is 0. The lowest BCUT2D eigenvalue weighted by Gasteiger charge is -2.14. The van der Waals surface area contributed by atoms with E-state index in [9.17, 15) is 4.79 Å². The molecule has 0 N–H and O–H groups in total. The number of thioether (sulfide) groups is 1. The van der Waals surface area contributed by atoms with E-state index in [0.29, 0.717) is 11.7 Å². The predicted molar refractivity (Wildman–Crippen MR) is 97.0 cm³/mol. The number of aromatic nitrogens is 3. The Morgan fingerprint density at radius 2 is 1.92 bits per heavy atom. The smallest absolute Gasteiger partial charge is 0.196 e. The molecule has 2 aromatic carbocycles. The van der Waals surface area contributed by atoms with Crippen LogP contribution in [0.2, 0.25) is 0 Å². The van der Waals surface area contributed by atoms with Crippen molar-refractivity contribution in [3.05, 3.63) is 47.8 Å². The highest BCUT2D eigenvalue weighted by atomic mass is 32.2. The Balaban J connectivity index is 1.87. The molecule has 1 saturated carbocycles. The van der Waals surface area contributed by atoms with E-state index in [2.05, 4.69) is 51.2 Å². The summed E-state index contributed by atoms with van der Waals surface area (Å²) in [7, 11) is 0. The second kappa shape index (κ2) is 6.06. The molecule has 0 saturated heterocycles. The minimum atomic E-state index is 0.140. The minimum absolute atomic E-state index is 0.140. The van der Waals surface area contributed by atoms with Gasteiger partial charge < -0.3 is 0 Å². The monoisotopic (exact) mass is 337 g/mol. The fraction of sp³-hybridized carbons (Fsp3) is 0.316. The van der Waals surface area contributed by atoms with Crippen LogP contribution in [-0.4, -0.2) is 26.3 Å². The summed E-state index contributed by atoms with van der Waals surface area (Å²) in [6.45, 7) is 3.55. The van der Waals surface area contributed by atoms with Gasteiger partial charge in [-0.1, -0.05) is 42.1 Å². The number of rotatable bonds is 5. The topological polar surface area (TPSA) is 47.8 Å². The Bertz CT molecular complexity index is 928. The first kappa shape index (κ1) is 15.4. The number of nitrogens with zero attached hydrogens (tertiary/aromatic N) is 3. The Morgan fingerprint density at radius 1 is 1.17 bits per heavy atom. The van der Waals surface area contributed by atoms with Crippen LogP contribution in [0.25, 0.3) is 16.5 Å². The summed E-state index contributed by atoms with van der Waals surface area (Å²) in [4.78, 5) is 11.3. The van der Waals surface area contributed by atoms with Crippen LogP contribution in [0.5, 0.6) is 0 Å². The van der Waals surface area contributed by atoms with E-state index in [0.717, 1.165) is 16.7 Å². The van der Waals surface area contributed by atoms with Gasteiger partial charge in [-0.05, 0) is 49.6 Å². The maximum absolute atomic E-state index is 11.3. The van der Waals surface area contributed by atoms with Crippen molar-refractivity contribution in [1.82, 2.24) is 14.8 Å². The Morgan fingerprint density at radius 3 is 2.62 bits per heavy atom. The van der Waals surface area contributed by atoms with Gasteiger partial charge in [-0.15, -0.1) is 10.2 Å². The Labute approximate surface area is 145 Å². The number of fused-ring (bicyclic) bond motifs is 1. The minimum Gasteiger partial charge on any atom is -0.299 e. The SMILES string of the molecule is CC(=O)CSc1nnc(C)n1-c1ccc(C2CC2)c2ccccc12. The first-order chi connectivity index (χ1) is 11.6. The quantitative estimate of drug-likeness (QED) is 0.652. The van der Waals surface area contributed by atoms with Crippen LogP contribution in [-0.2, 0) is 4.79 Å². The molecule has 24 heavy (non-hydrogen) atoms. The summed E-state index contributed by atoms with van der Waals surface area (Å²) < 4.78 is 2.06. The molecule has 3 aromatic rings. The number of aryl methyl sites for hydroxylation is 1. The van der Waals surface area contributed by atoms with Crippen LogP contribution in [0.15, 0.2) is 41.6 Å². The summed E-state index contributed by atoms with van der Waals surface area (Å²) in [6.07, 6.45) is 2.57. The van der Waals surface area contributed by atoms with E-state index in [4.69, 9.17) is 0 Å².